The molecule has 1 heterocycles. The molecule has 0 unspecified atom stereocenters. The standard InChI is InChI=1S/C7H12NO2S/c9-11(10,7-1-2-7)5-6-3-8-4-6/h5-8H,1-4H2. The van der Waals surface area contributed by atoms with Crippen LogP contribution in [0.3, 0.4) is 0 Å². The van der Waals surface area contributed by atoms with Crippen LogP contribution in [0.4, 0.5) is 0 Å². The van der Waals surface area contributed by atoms with E-state index in [1.165, 1.54) is 0 Å². The summed E-state index contributed by atoms with van der Waals surface area (Å²) in [5, 5.41) is 3.02. The Bertz CT molecular complexity index is 239. The molecule has 63 valence electrons. The SMILES string of the molecule is O=S(=O)([CH]C1CNC1)C1CC1. The lowest BCUT2D eigenvalue weighted by Gasteiger charge is -2.26. The van der Waals surface area contributed by atoms with Gasteiger partial charge in [-0.05, 0) is 12.8 Å². The van der Waals surface area contributed by atoms with Gasteiger partial charge in [0.25, 0.3) is 0 Å². The van der Waals surface area contributed by atoms with E-state index in [2.05, 4.69) is 5.32 Å². The predicted octanol–water partition coefficient (Wildman–Crippen LogP) is -0.0552. The molecule has 1 saturated carbocycles. The molecule has 1 aliphatic carbocycles. The zero-order valence-electron chi connectivity index (χ0n) is 6.29. The highest BCUT2D eigenvalue weighted by molar-refractivity contribution is 7.94. The first-order chi connectivity index (χ1) is 5.18. The average molecular weight is 174 g/mol. The second-order valence-electron chi connectivity index (χ2n) is 3.34. The lowest BCUT2D eigenvalue weighted by atomic mass is 10.1. The first-order valence-electron chi connectivity index (χ1n) is 3.98. The van der Waals surface area contributed by atoms with E-state index in [0.717, 1.165) is 25.9 Å². The lowest BCUT2D eigenvalue weighted by Crippen LogP contribution is -2.43. The zero-order chi connectivity index (χ0) is 7.90. The molecule has 1 radical (unpaired) electrons. The molecule has 1 aliphatic heterocycles. The fraction of sp³-hybridized carbons (Fsp3) is 0.857. The molecule has 0 aromatic heterocycles. The number of hydrogen-bond acceptors (Lipinski definition) is 3. The van der Waals surface area contributed by atoms with Crippen LogP contribution in [0, 0.1) is 11.7 Å². The van der Waals surface area contributed by atoms with Crippen LogP contribution in [-0.4, -0.2) is 26.8 Å². The average Bonchev–Trinajstić information content (AvgIpc) is 2.58. The lowest BCUT2D eigenvalue weighted by molar-refractivity contribution is 0.405. The van der Waals surface area contributed by atoms with Gasteiger partial charge in [0, 0.05) is 19.0 Å². The van der Waals surface area contributed by atoms with E-state index in [1.807, 2.05) is 0 Å². The summed E-state index contributed by atoms with van der Waals surface area (Å²) in [7, 11) is -2.81. The van der Waals surface area contributed by atoms with Crippen LogP contribution in [0.5, 0.6) is 0 Å². The minimum Gasteiger partial charge on any atom is -0.316 e. The van der Waals surface area contributed by atoms with Crippen molar-refractivity contribution in [2.75, 3.05) is 13.1 Å². The van der Waals surface area contributed by atoms with E-state index >= 15 is 0 Å². The molecule has 2 rings (SSSR count). The molecule has 0 aromatic carbocycles. The zero-order valence-corrected chi connectivity index (χ0v) is 7.10. The molecule has 3 nitrogen and oxygen atoms in total. The van der Waals surface area contributed by atoms with Gasteiger partial charge in [0.15, 0.2) is 9.84 Å². The monoisotopic (exact) mass is 174 g/mol. The summed E-state index contributed by atoms with van der Waals surface area (Å²) in [6, 6.07) is 0. The molecule has 1 saturated heterocycles. The Morgan fingerprint density at radius 1 is 1.27 bits per heavy atom. The van der Waals surface area contributed by atoms with Crippen molar-refractivity contribution in [2.24, 2.45) is 5.92 Å². The molecule has 2 fully saturated rings. The van der Waals surface area contributed by atoms with Gasteiger partial charge in [0.1, 0.15) is 0 Å². The van der Waals surface area contributed by atoms with Gasteiger partial charge in [0.05, 0.1) is 11.0 Å². The van der Waals surface area contributed by atoms with Gasteiger partial charge in [-0.25, -0.2) is 8.42 Å². The predicted molar refractivity (Wildman–Crippen MR) is 42.6 cm³/mol. The van der Waals surface area contributed by atoms with Gasteiger partial charge in [-0.3, -0.25) is 0 Å². The third kappa shape index (κ3) is 1.56. The minimum atomic E-state index is -2.81. The van der Waals surface area contributed by atoms with Crippen LogP contribution in [-0.2, 0) is 9.84 Å². The van der Waals surface area contributed by atoms with Crippen LogP contribution < -0.4 is 5.32 Å². The fourth-order valence-corrected chi connectivity index (χ4v) is 2.93. The van der Waals surface area contributed by atoms with Gasteiger partial charge >= 0.3 is 0 Å². The van der Waals surface area contributed by atoms with Crippen LogP contribution in [0.1, 0.15) is 12.8 Å². The maximum Gasteiger partial charge on any atom is 0.157 e. The smallest absolute Gasteiger partial charge is 0.157 e. The topological polar surface area (TPSA) is 46.2 Å². The van der Waals surface area contributed by atoms with Gasteiger partial charge in [0.2, 0.25) is 0 Å². The summed E-state index contributed by atoms with van der Waals surface area (Å²) in [6.07, 6.45) is 1.75. The van der Waals surface area contributed by atoms with E-state index in [1.54, 1.807) is 5.75 Å². The molecular weight excluding hydrogens is 162 g/mol. The van der Waals surface area contributed by atoms with Crippen molar-refractivity contribution in [3.05, 3.63) is 5.75 Å². The number of rotatable bonds is 3. The molecule has 0 bridgehead atoms. The van der Waals surface area contributed by atoms with Gasteiger partial charge in [-0.1, -0.05) is 0 Å². The van der Waals surface area contributed by atoms with E-state index in [0.29, 0.717) is 0 Å². The molecule has 0 aromatic rings. The molecule has 4 heteroatoms. The van der Waals surface area contributed by atoms with Crippen molar-refractivity contribution in [3.8, 4) is 0 Å². The van der Waals surface area contributed by atoms with Gasteiger partial charge < -0.3 is 5.32 Å². The maximum atomic E-state index is 11.3. The van der Waals surface area contributed by atoms with E-state index < -0.39 is 9.84 Å². The van der Waals surface area contributed by atoms with Crippen molar-refractivity contribution in [3.63, 3.8) is 0 Å². The fourth-order valence-electron chi connectivity index (χ4n) is 1.18. The Morgan fingerprint density at radius 2 is 1.91 bits per heavy atom. The maximum absolute atomic E-state index is 11.3. The first kappa shape index (κ1) is 7.55. The molecular formula is C7H12NO2S. The van der Waals surface area contributed by atoms with Crippen molar-refractivity contribution in [1.29, 1.82) is 0 Å². The summed E-state index contributed by atoms with van der Waals surface area (Å²) in [4.78, 5) is 0. The third-order valence-corrected chi connectivity index (χ3v) is 4.35. The third-order valence-electron chi connectivity index (χ3n) is 2.18. The Kier molecular flexibility index (Phi) is 1.68. The highest BCUT2D eigenvalue weighted by Gasteiger charge is 2.38. The second kappa shape index (κ2) is 2.45. The van der Waals surface area contributed by atoms with Crippen LogP contribution in [0.2, 0.25) is 0 Å². The Labute approximate surface area is 67.1 Å². The van der Waals surface area contributed by atoms with Crippen LogP contribution >= 0.6 is 0 Å². The highest BCUT2D eigenvalue weighted by atomic mass is 32.2. The van der Waals surface area contributed by atoms with Crippen molar-refractivity contribution in [1.82, 2.24) is 5.32 Å². The van der Waals surface area contributed by atoms with Crippen LogP contribution in [0.15, 0.2) is 0 Å². The molecule has 1 N–H and O–H groups in total. The molecule has 0 atom stereocenters. The van der Waals surface area contributed by atoms with Gasteiger partial charge in [-0.15, -0.1) is 0 Å². The quantitative estimate of drug-likeness (QED) is 0.652. The van der Waals surface area contributed by atoms with E-state index in [-0.39, 0.29) is 11.2 Å². The van der Waals surface area contributed by atoms with Crippen LogP contribution in [0.25, 0.3) is 0 Å². The normalized spacial score (nSPS) is 26.5. The number of sulfone groups is 1. The molecule has 0 amide bonds. The Hall–Kier alpha value is -0.0900. The molecule has 11 heavy (non-hydrogen) atoms. The number of hydrogen-bond donors (Lipinski definition) is 1. The summed E-state index contributed by atoms with van der Waals surface area (Å²) in [5.74, 6) is 1.82. The van der Waals surface area contributed by atoms with Gasteiger partial charge in [-0.2, -0.15) is 0 Å². The van der Waals surface area contributed by atoms with Crippen molar-refractivity contribution in [2.45, 2.75) is 18.1 Å². The Morgan fingerprint density at radius 3 is 2.27 bits per heavy atom. The summed E-state index contributed by atoms with van der Waals surface area (Å²) < 4.78 is 22.6. The largest absolute Gasteiger partial charge is 0.316 e. The van der Waals surface area contributed by atoms with Crippen molar-refractivity contribution >= 4 is 9.84 Å². The Balaban J connectivity index is 1.92. The minimum absolute atomic E-state index is 0.0249. The number of nitrogens with one attached hydrogen (secondary N) is 1. The summed E-state index contributed by atoms with van der Waals surface area (Å²) >= 11 is 0. The van der Waals surface area contributed by atoms with Crippen molar-refractivity contribution < 1.29 is 8.42 Å². The molecule has 0 spiro atoms. The second-order valence-corrected chi connectivity index (χ2v) is 5.46. The highest BCUT2D eigenvalue weighted by Crippen LogP contribution is 2.32. The summed E-state index contributed by atoms with van der Waals surface area (Å²) in [6.45, 7) is 1.68. The van der Waals surface area contributed by atoms with E-state index in [4.69, 9.17) is 0 Å². The molecule has 2 aliphatic rings. The summed E-state index contributed by atoms with van der Waals surface area (Å²) in [5.41, 5.74) is 0. The van der Waals surface area contributed by atoms with E-state index in [9.17, 15) is 8.42 Å². The first-order valence-corrected chi connectivity index (χ1v) is 5.59.